The average Bonchev–Trinajstić information content (AvgIpc) is 2.71. The van der Waals surface area contributed by atoms with Crippen LogP contribution in [0.3, 0.4) is 0 Å². The number of hydrogen-bond acceptors (Lipinski definition) is 6. The standard InChI is InChI=1S/C22H29N3O6S/c1-6-19(22(26)23-11-12-31-21-13-15(2)7-8-17(21)4)24(32(5,29)30)20-14-18(25(27)28)10-9-16(20)3/h7-10,13-14,19H,6,11-12H2,1-5H3,(H,23,26). The van der Waals surface area contributed by atoms with E-state index in [4.69, 9.17) is 4.74 Å². The van der Waals surface area contributed by atoms with E-state index in [1.165, 1.54) is 18.2 Å². The first-order chi connectivity index (χ1) is 15.0. The van der Waals surface area contributed by atoms with Crippen LogP contribution >= 0.6 is 0 Å². The lowest BCUT2D eigenvalue weighted by atomic mass is 10.1. The Labute approximate surface area is 188 Å². The molecule has 0 saturated heterocycles. The number of nitro groups is 1. The topological polar surface area (TPSA) is 119 Å². The molecule has 10 heteroatoms. The van der Waals surface area contributed by atoms with Crippen LogP contribution in [0.4, 0.5) is 11.4 Å². The number of aryl methyl sites for hydroxylation is 3. The van der Waals surface area contributed by atoms with E-state index in [0.29, 0.717) is 5.56 Å². The van der Waals surface area contributed by atoms with Crippen LogP contribution in [0.25, 0.3) is 0 Å². The molecule has 2 aromatic rings. The SMILES string of the molecule is CCC(C(=O)NCCOc1cc(C)ccc1C)N(c1cc([N+](=O)[O-])ccc1C)S(C)(=O)=O. The monoisotopic (exact) mass is 463 g/mol. The maximum atomic E-state index is 12.9. The first kappa shape index (κ1) is 25.1. The van der Waals surface area contributed by atoms with Crippen LogP contribution in [0.2, 0.25) is 0 Å². The molecule has 0 radical (unpaired) electrons. The Morgan fingerprint density at radius 1 is 1.16 bits per heavy atom. The normalized spacial score (nSPS) is 12.2. The van der Waals surface area contributed by atoms with E-state index in [0.717, 1.165) is 27.4 Å². The van der Waals surface area contributed by atoms with Gasteiger partial charge in [-0.25, -0.2) is 8.42 Å². The lowest BCUT2D eigenvalue weighted by Crippen LogP contribution is -2.50. The van der Waals surface area contributed by atoms with Gasteiger partial charge in [0.15, 0.2) is 0 Å². The van der Waals surface area contributed by atoms with Crippen LogP contribution in [0.1, 0.15) is 30.0 Å². The number of amides is 1. The highest BCUT2D eigenvalue weighted by atomic mass is 32.2. The van der Waals surface area contributed by atoms with Crippen molar-refractivity contribution in [3.05, 3.63) is 63.2 Å². The summed E-state index contributed by atoms with van der Waals surface area (Å²) in [5.41, 5.74) is 2.38. The van der Waals surface area contributed by atoms with Gasteiger partial charge in [-0.2, -0.15) is 0 Å². The van der Waals surface area contributed by atoms with Gasteiger partial charge < -0.3 is 10.1 Å². The minimum atomic E-state index is -3.90. The predicted octanol–water partition coefficient (Wildman–Crippen LogP) is 3.26. The Morgan fingerprint density at radius 2 is 1.81 bits per heavy atom. The zero-order valence-electron chi connectivity index (χ0n) is 18.9. The van der Waals surface area contributed by atoms with Crippen molar-refractivity contribution in [3.8, 4) is 5.75 Å². The van der Waals surface area contributed by atoms with E-state index in [1.807, 2.05) is 32.0 Å². The minimum absolute atomic E-state index is 0.107. The van der Waals surface area contributed by atoms with Gasteiger partial charge in [-0.15, -0.1) is 0 Å². The van der Waals surface area contributed by atoms with E-state index in [-0.39, 0.29) is 30.9 Å². The van der Waals surface area contributed by atoms with Crippen LogP contribution in [0, 0.1) is 30.9 Å². The summed E-state index contributed by atoms with van der Waals surface area (Å²) in [5, 5.41) is 13.9. The molecule has 1 atom stereocenters. The first-order valence-electron chi connectivity index (χ1n) is 10.2. The highest BCUT2D eigenvalue weighted by Crippen LogP contribution is 2.30. The van der Waals surface area contributed by atoms with Gasteiger partial charge in [0.1, 0.15) is 18.4 Å². The maximum absolute atomic E-state index is 12.9. The Kier molecular flexibility index (Phi) is 8.20. The fourth-order valence-electron chi connectivity index (χ4n) is 3.30. The molecule has 1 unspecified atom stereocenters. The van der Waals surface area contributed by atoms with Gasteiger partial charge in [0, 0.05) is 12.1 Å². The van der Waals surface area contributed by atoms with Gasteiger partial charge in [0.25, 0.3) is 5.69 Å². The number of benzene rings is 2. The van der Waals surface area contributed by atoms with Gasteiger partial charge in [-0.3, -0.25) is 19.2 Å². The number of nitrogens with zero attached hydrogens (tertiary/aromatic N) is 2. The molecule has 1 N–H and O–H groups in total. The van der Waals surface area contributed by atoms with E-state index in [2.05, 4.69) is 5.32 Å². The molecular formula is C22H29N3O6S. The van der Waals surface area contributed by atoms with Gasteiger partial charge >= 0.3 is 0 Å². The Bertz CT molecular complexity index is 1100. The Hall–Kier alpha value is -3.14. The van der Waals surface area contributed by atoms with Crippen LogP contribution in [-0.2, 0) is 14.8 Å². The number of carbonyl (C=O) groups is 1. The molecular weight excluding hydrogens is 434 g/mol. The quantitative estimate of drug-likeness (QED) is 0.328. The van der Waals surface area contributed by atoms with Crippen LogP contribution < -0.4 is 14.4 Å². The zero-order chi connectivity index (χ0) is 24.1. The number of carbonyl (C=O) groups excluding carboxylic acids is 1. The number of nitro benzene ring substituents is 1. The molecule has 0 aromatic heterocycles. The number of ether oxygens (including phenoxy) is 1. The average molecular weight is 464 g/mol. The van der Waals surface area contributed by atoms with E-state index in [1.54, 1.807) is 13.8 Å². The molecule has 0 saturated carbocycles. The van der Waals surface area contributed by atoms with Gasteiger partial charge in [0.05, 0.1) is 23.4 Å². The second-order valence-corrected chi connectivity index (χ2v) is 9.48. The second-order valence-electron chi connectivity index (χ2n) is 7.62. The van der Waals surface area contributed by atoms with Crippen LogP contribution in [0.15, 0.2) is 36.4 Å². The third kappa shape index (κ3) is 6.19. The van der Waals surface area contributed by atoms with Crippen molar-refractivity contribution < 1.29 is 22.9 Å². The Balaban J connectivity index is 2.19. The summed E-state index contributed by atoms with van der Waals surface area (Å²) in [4.78, 5) is 23.5. The molecule has 2 aromatic carbocycles. The molecule has 9 nitrogen and oxygen atoms in total. The third-order valence-corrected chi connectivity index (χ3v) is 6.14. The molecule has 0 spiro atoms. The van der Waals surface area contributed by atoms with Crippen molar-refractivity contribution in [2.24, 2.45) is 0 Å². The van der Waals surface area contributed by atoms with Crippen molar-refractivity contribution in [1.29, 1.82) is 0 Å². The van der Waals surface area contributed by atoms with Crippen LogP contribution in [-0.4, -0.2) is 44.7 Å². The summed E-state index contributed by atoms with van der Waals surface area (Å²) in [6.07, 6.45) is 1.16. The summed E-state index contributed by atoms with van der Waals surface area (Å²) in [7, 11) is -3.90. The maximum Gasteiger partial charge on any atom is 0.271 e. The predicted molar refractivity (Wildman–Crippen MR) is 124 cm³/mol. The summed E-state index contributed by atoms with van der Waals surface area (Å²) in [6.45, 7) is 7.58. The zero-order valence-corrected chi connectivity index (χ0v) is 19.7. The van der Waals surface area contributed by atoms with Crippen molar-refractivity contribution in [1.82, 2.24) is 5.32 Å². The smallest absolute Gasteiger partial charge is 0.271 e. The molecule has 0 bridgehead atoms. The highest BCUT2D eigenvalue weighted by Gasteiger charge is 2.33. The van der Waals surface area contributed by atoms with Crippen molar-refractivity contribution in [3.63, 3.8) is 0 Å². The molecule has 32 heavy (non-hydrogen) atoms. The highest BCUT2D eigenvalue weighted by molar-refractivity contribution is 7.92. The summed E-state index contributed by atoms with van der Waals surface area (Å²) >= 11 is 0. The fraction of sp³-hybridized carbons (Fsp3) is 0.409. The molecule has 0 fully saturated rings. The summed E-state index contributed by atoms with van der Waals surface area (Å²) in [6, 6.07) is 8.71. The number of non-ortho nitro benzene ring substituents is 1. The number of sulfonamides is 1. The molecule has 2 rings (SSSR count). The van der Waals surface area contributed by atoms with Crippen molar-refractivity contribution >= 4 is 27.3 Å². The third-order valence-electron chi connectivity index (χ3n) is 4.97. The van der Waals surface area contributed by atoms with Crippen LogP contribution in [0.5, 0.6) is 5.75 Å². The van der Waals surface area contributed by atoms with E-state index >= 15 is 0 Å². The Morgan fingerprint density at radius 3 is 2.41 bits per heavy atom. The molecule has 174 valence electrons. The number of rotatable bonds is 10. The molecule has 1 amide bonds. The number of hydrogen-bond donors (Lipinski definition) is 1. The lowest BCUT2D eigenvalue weighted by molar-refractivity contribution is -0.384. The number of nitrogens with one attached hydrogen (secondary N) is 1. The molecule has 0 heterocycles. The van der Waals surface area contributed by atoms with Crippen molar-refractivity contribution in [2.45, 2.75) is 40.2 Å². The second kappa shape index (κ2) is 10.4. The first-order valence-corrected chi connectivity index (χ1v) is 12.0. The van der Waals surface area contributed by atoms with Gasteiger partial charge in [0.2, 0.25) is 15.9 Å². The van der Waals surface area contributed by atoms with Gasteiger partial charge in [-0.1, -0.05) is 25.1 Å². The van der Waals surface area contributed by atoms with Crippen molar-refractivity contribution in [2.75, 3.05) is 23.7 Å². The largest absolute Gasteiger partial charge is 0.491 e. The van der Waals surface area contributed by atoms with E-state index in [9.17, 15) is 23.3 Å². The summed E-state index contributed by atoms with van der Waals surface area (Å²) < 4.78 is 31.9. The fourth-order valence-corrected chi connectivity index (χ4v) is 4.56. The minimum Gasteiger partial charge on any atom is -0.491 e. The molecule has 0 aliphatic rings. The van der Waals surface area contributed by atoms with E-state index < -0.39 is 26.9 Å². The number of anilines is 1. The van der Waals surface area contributed by atoms with Gasteiger partial charge in [-0.05, 0) is 49.9 Å². The lowest BCUT2D eigenvalue weighted by Gasteiger charge is -2.31. The molecule has 0 aliphatic carbocycles. The molecule has 0 aliphatic heterocycles. The summed E-state index contributed by atoms with van der Waals surface area (Å²) in [5.74, 6) is 0.213.